The number of nitrogens with one attached hydrogen (secondary N) is 1. The Labute approximate surface area is 144 Å². The molecule has 0 bridgehead atoms. The van der Waals surface area contributed by atoms with Crippen LogP contribution in [0.3, 0.4) is 0 Å². The summed E-state index contributed by atoms with van der Waals surface area (Å²) in [6.45, 7) is 2.25. The van der Waals surface area contributed by atoms with Crippen LogP contribution in [0.4, 0.5) is 20.2 Å². The van der Waals surface area contributed by atoms with Crippen molar-refractivity contribution in [1.82, 2.24) is 0 Å². The molecule has 1 N–H and O–H groups in total. The van der Waals surface area contributed by atoms with Gasteiger partial charge < -0.3 is 10.2 Å². The molecule has 130 valence electrons. The van der Waals surface area contributed by atoms with Gasteiger partial charge in [-0.1, -0.05) is 18.2 Å². The monoisotopic (exact) mass is 344 g/mol. The Bertz CT molecular complexity index is 804. The summed E-state index contributed by atoms with van der Waals surface area (Å²) in [7, 11) is 0. The number of benzene rings is 2. The Morgan fingerprint density at radius 3 is 2.36 bits per heavy atom. The first-order chi connectivity index (χ1) is 12.0. The lowest BCUT2D eigenvalue weighted by molar-refractivity contribution is -0.132. The van der Waals surface area contributed by atoms with Gasteiger partial charge in [-0.05, 0) is 44.0 Å². The fraction of sp³-hybridized carbons (Fsp3) is 0.263. The highest BCUT2D eigenvalue weighted by Crippen LogP contribution is 2.48. The van der Waals surface area contributed by atoms with E-state index in [1.165, 1.54) is 0 Å². The van der Waals surface area contributed by atoms with Crippen LogP contribution in [-0.2, 0) is 9.59 Å². The third-order valence-corrected chi connectivity index (χ3v) is 4.40. The Morgan fingerprint density at radius 1 is 1.12 bits per heavy atom. The second-order valence-electron chi connectivity index (χ2n) is 6.05. The molecule has 1 fully saturated rings. The van der Waals surface area contributed by atoms with Crippen LogP contribution in [0.15, 0.2) is 48.5 Å². The summed E-state index contributed by atoms with van der Waals surface area (Å²) in [4.78, 5) is 27.1. The van der Waals surface area contributed by atoms with Crippen molar-refractivity contribution in [2.24, 2.45) is 5.41 Å². The Morgan fingerprint density at radius 2 is 1.80 bits per heavy atom. The van der Waals surface area contributed by atoms with E-state index in [9.17, 15) is 18.4 Å². The summed E-state index contributed by atoms with van der Waals surface area (Å²) < 4.78 is 26.7. The third-order valence-electron chi connectivity index (χ3n) is 4.40. The first-order valence-electron chi connectivity index (χ1n) is 8.11. The van der Waals surface area contributed by atoms with Crippen molar-refractivity contribution in [3.63, 3.8) is 0 Å². The molecule has 0 saturated heterocycles. The molecule has 0 aromatic heterocycles. The van der Waals surface area contributed by atoms with Gasteiger partial charge in [0.05, 0.1) is 5.69 Å². The standard InChI is InChI=1S/C19H18F2N2O2/c1-2-23(14-6-4-3-5-7-14)18(25)19(10-11-19)17(24)22-16-9-8-13(20)12-15(16)21/h3-9,12H,2,10-11H2,1H3,(H,22,24). The number of para-hydroxylation sites is 1. The first-order valence-corrected chi connectivity index (χ1v) is 8.11. The minimum absolute atomic E-state index is 0.131. The number of amides is 2. The Kier molecular flexibility index (Phi) is 4.53. The maximum absolute atomic E-state index is 13.8. The molecule has 2 amide bonds. The fourth-order valence-corrected chi connectivity index (χ4v) is 2.81. The van der Waals surface area contributed by atoms with Gasteiger partial charge >= 0.3 is 0 Å². The predicted molar refractivity (Wildman–Crippen MR) is 91.1 cm³/mol. The molecule has 0 aliphatic heterocycles. The van der Waals surface area contributed by atoms with E-state index < -0.39 is 23.0 Å². The average molecular weight is 344 g/mol. The van der Waals surface area contributed by atoms with E-state index in [-0.39, 0.29) is 11.6 Å². The molecule has 25 heavy (non-hydrogen) atoms. The van der Waals surface area contributed by atoms with Crippen LogP contribution in [0.5, 0.6) is 0 Å². The quantitative estimate of drug-likeness (QED) is 0.840. The number of hydrogen-bond acceptors (Lipinski definition) is 2. The fourth-order valence-electron chi connectivity index (χ4n) is 2.81. The Hall–Kier alpha value is -2.76. The summed E-state index contributed by atoms with van der Waals surface area (Å²) in [6.07, 6.45) is 0.813. The molecule has 1 aliphatic rings. The summed E-state index contributed by atoms with van der Waals surface area (Å²) in [5.74, 6) is -2.46. The number of carbonyl (C=O) groups excluding carboxylic acids is 2. The minimum atomic E-state index is -1.19. The van der Waals surface area contributed by atoms with Crippen molar-refractivity contribution in [1.29, 1.82) is 0 Å². The second-order valence-corrected chi connectivity index (χ2v) is 6.05. The van der Waals surface area contributed by atoms with E-state index in [0.717, 1.165) is 12.1 Å². The lowest BCUT2D eigenvalue weighted by Gasteiger charge is -2.26. The number of carbonyl (C=O) groups is 2. The van der Waals surface area contributed by atoms with Crippen molar-refractivity contribution in [2.45, 2.75) is 19.8 Å². The normalized spacial score (nSPS) is 14.7. The van der Waals surface area contributed by atoms with E-state index in [1.807, 2.05) is 25.1 Å². The summed E-state index contributed by atoms with van der Waals surface area (Å²) >= 11 is 0. The van der Waals surface area contributed by atoms with Crippen LogP contribution < -0.4 is 10.2 Å². The molecule has 4 nitrogen and oxygen atoms in total. The van der Waals surface area contributed by atoms with Crippen LogP contribution >= 0.6 is 0 Å². The van der Waals surface area contributed by atoms with Gasteiger partial charge in [0.2, 0.25) is 11.8 Å². The topological polar surface area (TPSA) is 49.4 Å². The summed E-state index contributed by atoms with van der Waals surface area (Å²) in [6, 6.07) is 12.0. The van der Waals surface area contributed by atoms with Gasteiger partial charge in [0.25, 0.3) is 0 Å². The van der Waals surface area contributed by atoms with Crippen molar-refractivity contribution in [2.75, 3.05) is 16.8 Å². The molecule has 2 aromatic carbocycles. The third kappa shape index (κ3) is 3.24. The molecule has 0 atom stereocenters. The number of anilines is 2. The lowest BCUT2D eigenvalue weighted by Crippen LogP contribution is -2.43. The highest BCUT2D eigenvalue weighted by Gasteiger charge is 2.58. The zero-order valence-corrected chi connectivity index (χ0v) is 13.8. The molecule has 0 heterocycles. The second kappa shape index (κ2) is 6.63. The van der Waals surface area contributed by atoms with Gasteiger partial charge in [0.1, 0.15) is 17.0 Å². The first kappa shape index (κ1) is 17.1. The van der Waals surface area contributed by atoms with E-state index in [2.05, 4.69) is 5.32 Å². The maximum atomic E-state index is 13.8. The zero-order chi connectivity index (χ0) is 18.0. The lowest BCUT2D eigenvalue weighted by atomic mass is 10.0. The number of nitrogens with zero attached hydrogens (tertiary/aromatic N) is 1. The molecule has 0 radical (unpaired) electrons. The van der Waals surface area contributed by atoms with Crippen molar-refractivity contribution < 1.29 is 18.4 Å². The largest absolute Gasteiger partial charge is 0.323 e. The smallest absolute Gasteiger partial charge is 0.242 e. The minimum Gasteiger partial charge on any atom is -0.323 e. The average Bonchev–Trinajstić information content (AvgIpc) is 3.41. The number of rotatable bonds is 5. The summed E-state index contributed by atoms with van der Waals surface area (Å²) in [5.41, 5.74) is -0.609. The highest BCUT2D eigenvalue weighted by molar-refractivity contribution is 6.17. The van der Waals surface area contributed by atoms with Gasteiger partial charge in [-0.2, -0.15) is 0 Å². The van der Waals surface area contributed by atoms with Crippen LogP contribution in [0, 0.1) is 17.0 Å². The van der Waals surface area contributed by atoms with Crippen LogP contribution in [0.1, 0.15) is 19.8 Å². The number of hydrogen-bond donors (Lipinski definition) is 1. The molecule has 6 heteroatoms. The van der Waals surface area contributed by atoms with E-state index in [1.54, 1.807) is 17.0 Å². The van der Waals surface area contributed by atoms with Crippen LogP contribution in [-0.4, -0.2) is 18.4 Å². The van der Waals surface area contributed by atoms with Gasteiger partial charge in [0.15, 0.2) is 0 Å². The maximum Gasteiger partial charge on any atom is 0.242 e. The van der Waals surface area contributed by atoms with Gasteiger partial charge in [-0.3, -0.25) is 9.59 Å². The zero-order valence-electron chi connectivity index (χ0n) is 13.8. The molecular weight excluding hydrogens is 326 g/mol. The predicted octanol–water partition coefficient (Wildman–Crippen LogP) is 3.74. The number of halogens is 2. The van der Waals surface area contributed by atoms with Gasteiger partial charge in [-0.15, -0.1) is 0 Å². The molecule has 1 saturated carbocycles. The van der Waals surface area contributed by atoms with E-state index in [4.69, 9.17) is 0 Å². The van der Waals surface area contributed by atoms with Crippen molar-refractivity contribution in [3.05, 3.63) is 60.2 Å². The van der Waals surface area contributed by atoms with E-state index in [0.29, 0.717) is 31.1 Å². The SMILES string of the molecule is CCN(C(=O)C1(C(=O)Nc2ccc(F)cc2F)CC1)c1ccccc1. The van der Waals surface area contributed by atoms with Gasteiger partial charge in [0, 0.05) is 18.3 Å². The van der Waals surface area contributed by atoms with Crippen LogP contribution in [0.25, 0.3) is 0 Å². The molecular formula is C19H18F2N2O2. The Balaban J connectivity index is 1.81. The highest BCUT2D eigenvalue weighted by atomic mass is 19.1. The molecule has 3 rings (SSSR count). The molecule has 2 aromatic rings. The van der Waals surface area contributed by atoms with E-state index >= 15 is 0 Å². The molecule has 1 aliphatic carbocycles. The van der Waals surface area contributed by atoms with Crippen molar-refractivity contribution in [3.8, 4) is 0 Å². The molecule has 0 unspecified atom stereocenters. The van der Waals surface area contributed by atoms with Gasteiger partial charge in [-0.25, -0.2) is 8.78 Å². The van der Waals surface area contributed by atoms with Crippen molar-refractivity contribution >= 4 is 23.2 Å². The summed E-state index contributed by atoms with van der Waals surface area (Å²) in [5, 5.41) is 2.42. The van der Waals surface area contributed by atoms with Crippen LogP contribution in [0.2, 0.25) is 0 Å². The molecule has 0 spiro atoms.